The lowest BCUT2D eigenvalue weighted by molar-refractivity contribution is -0.141. The van der Waals surface area contributed by atoms with Crippen LogP contribution in [0.2, 0.25) is 0 Å². The Hall–Kier alpha value is -1.67. The monoisotopic (exact) mass is 438 g/mol. The van der Waals surface area contributed by atoms with E-state index in [1.165, 1.54) is 44.4 Å². The molecule has 2 aliphatic rings. The Labute approximate surface area is 179 Å². The molecule has 30 heavy (non-hydrogen) atoms. The van der Waals surface area contributed by atoms with Crippen molar-refractivity contribution in [2.24, 2.45) is 11.8 Å². The number of pyridine rings is 1. The maximum atomic E-state index is 12.7. The van der Waals surface area contributed by atoms with Gasteiger partial charge in [0.05, 0.1) is 5.69 Å². The molecule has 4 nitrogen and oxygen atoms in total. The molecule has 0 bridgehead atoms. The second-order valence-corrected chi connectivity index (χ2v) is 9.86. The predicted molar refractivity (Wildman–Crippen MR) is 115 cm³/mol. The van der Waals surface area contributed by atoms with Crippen molar-refractivity contribution in [3.8, 4) is 11.3 Å². The largest absolute Gasteiger partial charge is 0.433 e. The molecule has 2 N–H and O–H groups in total. The first-order valence-corrected chi connectivity index (χ1v) is 11.7. The molecule has 0 aromatic carbocycles. The van der Waals surface area contributed by atoms with Gasteiger partial charge in [-0.15, -0.1) is 11.3 Å². The van der Waals surface area contributed by atoms with E-state index in [0.29, 0.717) is 17.3 Å². The van der Waals surface area contributed by atoms with Gasteiger partial charge in [-0.2, -0.15) is 13.2 Å². The average molecular weight is 439 g/mol. The summed E-state index contributed by atoms with van der Waals surface area (Å²) in [6, 6.07) is 2.88. The van der Waals surface area contributed by atoms with E-state index in [9.17, 15) is 13.2 Å². The van der Waals surface area contributed by atoms with Gasteiger partial charge < -0.3 is 10.6 Å². The second-order valence-electron chi connectivity index (χ2n) is 8.65. The number of halogens is 3. The van der Waals surface area contributed by atoms with Gasteiger partial charge in [0.25, 0.3) is 0 Å². The first-order valence-electron chi connectivity index (χ1n) is 10.9. The van der Waals surface area contributed by atoms with Crippen molar-refractivity contribution in [1.82, 2.24) is 15.3 Å². The van der Waals surface area contributed by atoms with E-state index in [-0.39, 0.29) is 0 Å². The van der Waals surface area contributed by atoms with Gasteiger partial charge in [-0.3, -0.25) is 4.98 Å². The van der Waals surface area contributed by atoms with E-state index in [1.807, 2.05) is 6.92 Å². The lowest BCUT2D eigenvalue weighted by atomic mass is 9.86. The SMILES string of the molecule is Cc1sc(NC2CCC(CNCCC3CC3)CC2)nc1-c1ccc(C(F)(F)F)nc1. The molecule has 2 heterocycles. The van der Waals surface area contributed by atoms with Gasteiger partial charge in [0.1, 0.15) is 5.69 Å². The molecule has 0 radical (unpaired) electrons. The van der Waals surface area contributed by atoms with Gasteiger partial charge in [0, 0.05) is 22.7 Å². The van der Waals surface area contributed by atoms with Crippen LogP contribution in [0.3, 0.4) is 0 Å². The van der Waals surface area contributed by atoms with Gasteiger partial charge in [-0.1, -0.05) is 12.8 Å². The highest BCUT2D eigenvalue weighted by Crippen LogP contribution is 2.34. The molecule has 2 fully saturated rings. The molecule has 2 aromatic heterocycles. The fourth-order valence-electron chi connectivity index (χ4n) is 4.13. The molecule has 0 spiro atoms. The summed E-state index contributed by atoms with van der Waals surface area (Å²) in [6.07, 6.45) is 5.70. The number of alkyl halides is 3. The minimum atomic E-state index is -4.42. The highest BCUT2D eigenvalue weighted by molar-refractivity contribution is 7.16. The zero-order valence-corrected chi connectivity index (χ0v) is 18.1. The number of thiazole rings is 1. The number of nitrogens with one attached hydrogen (secondary N) is 2. The number of anilines is 1. The third-order valence-corrected chi connectivity index (χ3v) is 7.06. The normalized spacial score (nSPS) is 22.3. The van der Waals surface area contributed by atoms with Crippen LogP contribution in [-0.4, -0.2) is 29.1 Å². The van der Waals surface area contributed by atoms with E-state index in [0.717, 1.165) is 53.8 Å². The second kappa shape index (κ2) is 9.22. The standard InChI is InChI=1S/C22H29F3N4S/c1-14-20(17-6-9-19(27-13-17)22(23,24)25)29-21(30-14)28-18-7-4-16(5-8-18)12-26-11-10-15-2-3-15/h6,9,13,15-16,18,26H,2-5,7-8,10-12H2,1H3,(H,28,29). The van der Waals surface area contributed by atoms with Crippen molar-refractivity contribution in [3.63, 3.8) is 0 Å². The maximum absolute atomic E-state index is 12.7. The van der Waals surface area contributed by atoms with Crippen molar-refractivity contribution in [1.29, 1.82) is 0 Å². The van der Waals surface area contributed by atoms with Crippen LogP contribution in [0.1, 0.15) is 55.5 Å². The molecule has 2 aliphatic carbocycles. The highest BCUT2D eigenvalue weighted by Gasteiger charge is 2.32. The molecule has 0 aliphatic heterocycles. The van der Waals surface area contributed by atoms with Gasteiger partial charge >= 0.3 is 6.18 Å². The number of nitrogens with zero attached hydrogens (tertiary/aromatic N) is 2. The van der Waals surface area contributed by atoms with E-state index in [2.05, 4.69) is 20.6 Å². The number of aromatic nitrogens is 2. The maximum Gasteiger partial charge on any atom is 0.433 e. The molecule has 0 atom stereocenters. The quantitative estimate of drug-likeness (QED) is 0.505. The van der Waals surface area contributed by atoms with Crippen LogP contribution >= 0.6 is 11.3 Å². The lowest BCUT2D eigenvalue weighted by Gasteiger charge is -2.29. The summed E-state index contributed by atoms with van der Waals surface area (Å²) < 4.78 is 38.2. The van der Waals surface area contributed by atoms with Crippen LogP contribution in [0.4, 0.5) is 18.3 Å². The van der Waals surface area contributed by atoms with Crippen LogP contribution in [0.15, 0.2) is 18.3 Å². The minimum absolute atomic E-state index is 0.414. The third kappa shape index (κ3) is 5.72. The average Bonchev–Trinajstić information content (AvgIpc) is 3.47. The summed E-state index contributed by atoms with van der Waals surface area (Å²) in [5, 5.41) is 8.01. The van der Waals surface area contributed by atoms with Gasteiger partial charge in [0.2, 0.25) is 0 Å². The molecule has 2 saturated carbocycles. The molecule has 2 aromatic rings. The Bertz CT molecular complexity index is 822. The van der Waals surface area contributed by atoms with Crippen molar-refractivity contribution < 1.29 is 13.2 Å². The zero-order chi connectivity index (χ0) is 21.1. The summed E-state index contributed by atoms with van der Waals surface area (Å²) >= 11 is 1.55. The van der Waals surface area contributed by atoms with Gasteiger partial charge in [-0.05, 0) is 76.1 Å². The fourth-order valence-corrected chi connectivity index (χ4v) is 5.04. The molecular weight excluding hydrogens is 409 g/mol. The number of aryl methyl sites for hydroxylation is 1. The van der Waals surface area contributed by atoms with E-state index < -0.39 is 11.9 Å². The van der Waals surface area contributed by atoms with E-state index in [4.69, 9.17) is 0 Å². The Morgan fingerprint density at radius 3 is 2.43 bits per heavy atom. The van der Waals surface area contributed by atoms with Crippen molar-refractivity contribution in [2.75, 3.05) is 18.4 Å². The van der Waals surface area contributed by atoms with Crippen LogP contribution in [0, 0.1) is 18.8 Å². The predicted octanol–water partition coefficient (Wildman–Crippen LogP) is 5.89. The Morgan fingerprint density at radius 2 is 1.80 bits per heavy atom. The Kier molecular flexibility index (Phi) is 6.63. The summed E-state index contributed by atoms with van der Waals surface area (Å²) in [7, 11) is 0. The van der Waals surface area contributed by atoms with E-state index >= 15 is 0 Å². The summed E-state index contributed by atoms with van der Waals surface area (Å²) in [6.45, 7) is 4.23. The number of hydrogen-bond acceptors (Lipinski definition) is 5. The minimum Gasteiger partial charge on any atom is -0.359 e. The topological polar surface area (TPSA) is 49.8 Å². The molecule has 4 rings (SSSR count). The van der Waals surface area contributed by atoms with Crippen LogP contribution in [0.5, 0.6) is 0 Å². The number of rotatable bonds is 8. The summed E-state index contributed by atoms with van der Waals surface area (Å²) in [4.78, 5) is 9.18. The van der Waals surface area contributed by atoms with Crippen molar-refractivity contribution in [2.45, 2.75) is 64.1 Å². The van der Waals surface area contributed by atoms with Gasteiger partial charge in [-0.25, -0.2) is 4.98 Å². The van der Waals surface area contributed by atoms with Gasteiger partial charge in [0.15, 0.2) is 5.13 Å². The molecule has 0 unspecified atom stereocenters. The summed E-state index contributed by atoms with van der Waals surface area (Å²) in [5.74, 6) is 1.75. The molecule has 8 heteroatoms. The Morgan fingerprint density at radius 1 is 1.07 bits per heavy atom. The highest BCUT2D eigenvalue weighted by atomic mass is 32.1. The fraction of sp³-hybridized carbons (Fsp3) is 0.636. The van der Waals surface area contributed by atoms with Crippen molar-refractivity contribution >= 4 is 16.5 Å². The van der Waals surface area contributed by atoms with Crippen molar-refractivity contribution in [3.05, 3.63) is 28.9 Å². The van der Waals surface area contributed by atoms with Crippen LogP contribution < -0.4 is 10.6 Å². The summed E-state index contributed by atoms with van der Waals surface area (Å²) in [5.41, 5.74) is 0.444. The first-order chi connectivity index (χ1) is 14.4. The lowest BCUT2D eigenvalue weighted by Crippen LogP contribution is -2.31. The number of hydrogen-bond donors (Lipinski definition) is 2. The molecule has 164 valence electrons. The van der Waals surface area contributed by atoms with Crippen LogP contribution in [0.25, 0.3) is 11.3 Å². The third-order valence-electron chi connectivity index (χ3n) is 6.16. The zero-order valence-electron chi connectivity index (χ0n) is 17.3. The molecule has 0 saturated heterocycles. The van der Waals surface area contributed by atoms with E-state index in [1.54, 1.807) is 11.3 Å². The molecule has 0 amide bonds. The smallest absolute Gasteiger partial charge is 0.359 e. The first kappa shape index (κ1) is 21.6. The molecular formula is C22H29F3N4S. The Balaban J connectivity index is 1.26. The van der Waals surface area contributed by atoms with Crippen LogP contribution in [-0.2, 0) is 6.18 Å².